The first kappa shape index (κ1) is 20.5. The van der Waals surface area contributed by atoms with Crippen LogP contribution in [0.1, 0.15) is 32.3 Å². The molecule has 0 radical (unpaired) electrons. The molecular formula is C20H25FIN3O. The Morgan fingerprint density at radius 1 is 1.15 bits per heavy atom. The predicted molar refractivity (Wildman–Crippen MR) is 115 cm³/mol. The summed E-state index contributed by atoms with van der Waals surface area (Å²) in [7, 11) is 0. The van der Waals surface area contributed by atoms with Gasteiger partial charge in [-0.3, -0.25) is 4.99 Å². The Balaban J connectivity index is 0.00000243. The molecule has 1 fully saturated rings. The summed E-state index contributed by atoms with van der Waals surface area (Å²) in [6, 6.07) is 14.3. The maximum Gasteiger partial charge on any atom is 0.193 e. The zero-order valence-corrected chi connectivity index (χ0v) is 17.4. The SMILES string of the molecule is CC(C)Oc1ccc(NC(N)=NCC2(c3ccc(F)cc3)CC2)cc1.I. The Morgan fingerprint density at radius 3 is 2.31 bits per heavy atom. The average Bonchev–Trinajstić information content (AvgIpc) is 3.36. The highest BCUT2D eigenvalue weighted by Gasteiger charge is 2.44. The minimum absolute atomic E-state index is 0. The molecule has 0 aliphatic heterocycles. The van der Waals surface area contributed by atoms with Gasteiger partial charge in [-0.2, -0.15) is 0 Å². The Morgan fingerprint density at radius 2 is 1.77 bits per heavy atom. The quantitative estimate of drug-likeness (QED) is 0.367. The lowest BCUT2D eigenvalue weighted by Gasteiger charge is -2.14. The molecule has 0 spiro atoms. The summed E-state index contributed by atoms with van der Waals surface area (Å²) in [5.41, 5.74) is 8.01. The highest BCUT2D eigenvalue weighted by Crippen LogP contribution is 2.48. The number of guanidine groups is 1. The molecule has 4 nitrogen and oxygen atoms in total. The maximum absolute atomic E-state index is 13.1. The van der Waals surface area contributed by atoms with Crippen LogP contribution in [0.2, 0.25) is 0 Å². The summed E-state index contributed by atoms with van der Waals surface area (Å²) in [6.07, 6.45) is 2.25. The molecule has 6 heteroatoms. The molecule has 140 valence electrons. The van der Waals surface area contributed by atoms with E-state index < -0.39 is 0 Å². The van der Waals surface area contributed by atoms with Gasteiger partial charge >= 0.3 is 0 Å². The molecule has 3 N–H and O–H groups in total. The molecule has 1 aliphatic carbocycles. The van der Waals surface area contributed by atoms with Gasteiger partial charge < -0.3 is 15.8 Å². The Kier molecular flexibility index (Phi) is 6.86. The second-order valence-electron chi connectivity index (χ2n) is 6.80. The fourth-order valence-electron chi connectivity index (χ4n) is 2.81. The van der Waals surface area contributed by atoms with E-state index in [9.17, 15) is 4.39 Å². The van der Waals surface area contributed by atoms with Crippen molar-refractivity contribution in [3.05, 3.63) is 59.9 Å². The number of rotatable bonds is 6. The summed E-state index contributed by atoms with van der Waals surface area (Å²) in [4.78, 5) is 4.48. The van der Waals surface area contributed by atoms with E-state index in [4.69, 9.17) is 10.5 Å². The summed E-state index contributed by atoms with van der Waals surface area (Å²) in [5, 5.41) is 3.10. The van der Waals surface area contributed by atoms with Crippen LogP contribution >= 0.6 is 24.0 Å². The molecule has 2 aromatic carbocycles. The number of hydrogen-bond acceptors (Lipinski definition) is 2. The molecule has 1 aliphatic rings. The maximum atomic E-state index is 13.1. The Hall–Kier alpha value is -1.83. The van der Waals surface area contributed by atoms with Gasteiger partial charge in [-0.25, -0.2) is 4.39 Å². The molecule has 26 heavy (non-hydrogen) atoms. The van der Waals surface area contributed by atoms with E-state index in [1.54, 1.807) is 0 Å². The smallest absolute Gasteiger partial charge is 0.193 e. The van der Waals surface area contributed by atoms with Crippen molar-refractivity contribution in [2.24, 2.45) is 10.7 Å². The van der Waals surface area contributed by atoms with Crippen LogP contribution in [-0.4, -0.2) is 18.6 Å². The molecular weight excluding hydrogens is 444 g/mol. The van der Waals surface area contributed by atoms with Gasteiger partial charge in [-0.15, -0.1) is 24.0 Å². The van der Waals surface area contributed by atoms with Crippen LogP contribution in [0.25, 0.3) is 0 Å². The topological polar surface area (TPSA) is 59.6 Å². The highest BCUT2D eigenvalue weighted by molar-refractivity contribution is 14.0. The number of nitrogens with one attached hydrogen (secondary N) is 1. The third kappa shape index (κ3) is 5.33. The van der Waals surface area contributed by atoms with Gasteiger partial charge in [0.1, 0.15) is 11.6 Å². The first-order chi connectivity index (χ1) is 12.0. The fraction of sp³-hybridized carbons (Fsp3) is 0.350. The van der Waals surface area contributed by atoms with Gasteiger partial charge in [0.25, 0.3) is 0 Å². The molecule has 0 unspecified atom stereocenters. The van der Waals surface area contributed by atoms with E-state index in [1.807, 2.05) is 50.2 Å². The number of nitrogens with zero attached hydrogens (tertiary/aromatic N) is 1. The summed E-state index contributed by atoms with van der Waals surface area (Å²) in [5.74, 6) is 0.990. The number of ether oxygens (including phenoxy) is 1. The van der Waals surface area contributed by atoms with Crippen LogP contribution < -0.4 is 15.8 Å². The van der Waals surface area contributed by atoms with Crippen molar-refractivity contribution in [2.45, 2.75) is 38.2 Å². The number of halogens is 2. The molecule has 0 heterocycles. The monoisotopic (exact) mass is 469 g/mol. The van der Waals surface area contributed by atoms with E-state index >= 15 is 0 Å². The minimum atomic E-state index is -0.214. The van der Waals surface area contributed by atoms with Gasteiger partial charge in [-0.05, 0) is 68.7 Å². The Bertz CT molecular complexity index is 741. The van der Waals surface area contributed by atoms with Gasteiger partial charge in [0.2, 0.25) is 0 Å². The molecule has 0 bridgehead atoms. The van der Waals surface area contributed by atoms with Crippen molar-refractivity contribution < 1.29 is 9.13 Å². The lowest BCUT2D eigenvalue weighted by Crippen LogP contribution is -2.25. The average molecular weight is 469 g/mol. The van der Waals surface area contributed by atoms with E-state index in [0.717, 1.165) is 29.8 Å². The molecule has 0 aromatic heterocycles. The fourth-order valence-corrected chi connectivity index (χ4v) is 2.81. The lowest BCUT2D eigenvalue weighted by atomic mass is 9.96. The second kappa shape index (κ2) is 8.70. The van der Waals surface area contributed by atoms with Crippen LogP contribution in [0, 0.1) is 5.82 Å². The Labute approximate surface area is 171 Å². The largest absolute Gasteiger partial charge is 0.491 e. The van der Waals surface area contributed by atoms with Crippen LogP contribution in [0.3, 0.4) is 0 Å². The van der Waals surface area contributed by atoms with Crippen LogP contribution in [0.5, 0.6) is 5.75 Å². The van der Waals surface area contributed by atoms with Crippen molar-refractivity contribution in [1.29, 1.82) is 0 Å². The molecule has 1 saturated carbocycles. The van der Waals surface area contributed by atoms with E-state index in [-0.39, 0.29) is 41.3 Å². The highest BCUT2D eigenvalue weighted by atomic mass is 127. The van der Waals surface area contributed by atoms with Crippen LogP contribution in [-0.2, 0) is 5.41 Å². The molecule has 0 amide bonds. The first-order valence-corrected chi connectivity index (χ1v) is 8.57. The first-order valence-electron chi connectivity index (χ1n) is 8.57. The standard InChI is InChI=1S/C20H24FN3O.HI/c1-14(2)25-18-9-7-17(8-10-18)24-19(22)23-13-20(11-12-20)15-3-5-16(21)6-4-15;/h3-10,14H,11-13H2,1-2H3,(H3,22,23,24);1H. The van der Waals surface area contributed by atoms with Gasteiger partial charge in [0.05, 0.1) is 12.6 Å². The third-order valence-electron chi connectivity index (χ3n) is 4.36. The van der Waals surface area contributed by atoms with Gasteiger partial charge in [-0.1, -0.05) is 12.1 Å². The number of nitrogens with two attached hydrogens (primary N) is 1. The van der Waals surface area contributed by atoms with Crippen molar-refractivity contribution in [3.63, 3.8) is 0 Å². The summed E-state index contributed by atoms with van der Waals surface area (Å²) >= 11 is 0. The van der Waals surface area contributed by atoms with Crippen LogP contribution in [0.15, 0.2) is 53.5 Å². The molecule has 0 saturated heterocycles. The number of hydrogen-bond donors (Lipinski definition) is 2. The zero-order chi connectivity index (χ0) is 17.9. The van der Waals surface area contributed by atoms with Gasteiger partial charge in [0, 0.05) is 11.1 Å². The van der Waals surface area contributed by atoms with E-state index in [1.165, 1.54) is 12.1 Å². The van der Waals surface area contributed by atoms with E-state index in [0.29, 0.717) is 12.5 Å². The minimum Gasteiger partial charge on any atom is -0.491 e. The number of benzene rings is 2. The number of anilines is 1. The predicted octanol–water partition coefficient (Wildman–Crippen LogP) is 4.69. The van der Waals surface area contributed by atoms with Crippen molar-refractivity contribution in [3.8, 4) is 5.75 Å². The third-order valence-corrected chi connectivity index (χ3v) is 4.36. The van der Waals surface area contributed by atoms with Crippen molar-refractivity contribution in [2.75, 3.05) is 11.9 Å². The van der Waals surface area contributed by atoms with Crippen LogP contribution in [0.4, 0.5) is 10.1 Å². The normalized spacial score (nSPS) is 15.3. The van der Waals surface area contributed by atoms with E-state index in [2.05, 4.69) is 10.3 Å². The zero-order valence-electron chi connectivity index (χ0n) is 15.0. The molecule has 2 aromatic rings. The van der Waals surface area contributed by atoms with Gasteiger partial charge in [0.15, 0.2) is 5.96 Å². The second-order valence-corrected chi connectivity index (χ2v) is 6.80. The molecule has 0 atom stereocenters. The van der Waals surface area contributed by atoms with Crippen molar-refractivity contribution in [1.82, 2.24) is 0 Å². The number of aliphatic imine (C=N–C) groups is 1. The summed E-state index contributed by atoms with van der Waals surface area (Å²) in [6.45, 7) is 4.59. The summed E-state index contributed by atoms with van der Waals surface area (Å²) < 4.78 is 18.7. The molecule has 3 rings (SSSR count). The van der Waals surface area contributed by atoms with Crippen molar-refractivity contribution >= 4 is 35.6 Å². The lowest BCUT2D eigenvalue weighted by molar-refractivity contribution is 0.242.